The molecule has 2 heterocycles. The summed E-state index contributed by atoms with van der Waals surface area (Å²) in [4.78, 5) is 16.3. The highest BCUT2D eigenvalue weighted by molar-refractivity contribution is 5.73. The lowest BCUT2D eigenvalue weighted by Gasteiger charge is -2.35. The number of urea groups is 1. The van der Waals surface area contributed by atoms with Crippen molar-refractivity contribution in [2.75, 3.05) is 20.1 Å². The van der Waals surface area contributed by atoms with Crippen LogP contribution in [0.15, 0.2) is 34.9 Å². The summed E-state index contributed by atoms with van der Waals surface area (Å²) in [7, 11) is 1.74. The lowest BCUT2D eigenvalue weighted by Crippen LogP contribution is -2.44. The van der Waals surface area contributed by atoms with Crippen LogP contribution in [0.5, 0.6) is 0 Å². The van der Waals surface area contributed by atoms with Crippen molar-refractivity contribution in [1.29, 1.82) is 0 Å². The third-order valence-corrected chi connectivity index (χ3v) is 4.79. The Morgan fingerprint density at radius 3 is 2.46 bits per heavy atom. The third-order valence-electron chi connectivity index (χ3n) is 4.79. The highest BCUT2D eigenvalue weighted by atomic mass is 16.5. The predicted octanol–water partition coefficient (Wildman–Crippen LogP) is 2.93. The number of nitrogens with one attached hydrogen (secondary N) is 1. The standard InChI is InChI=1S/C21H30N4O3/c1-15-9-20(23-28-15)14-24(4)21(26)22-10-18-5-7-19(8-6-18)13-25-11-16(2)27-17(3)12-25/h5-9,16-17H,10-14H2,1-4H3,(H,22,26). The van der Waals surface area contributed by atoms with Crippen molar-refractivity contribution < 1.29 is 14.1 Å². The minimum absolute atomic E-state index is 0.138. The molecular formula is C21H30N4O3. The molecule has 1 aromatic heterocycles. The van der Waals surface area contributed by atoms with Gasteiger partial charge in [-0.05, 0) is 31.9 Å². The number of nitrogens with zero attached hydrogens (tertiary/aromatic N) is 3. The van der Waals surface area contributed by atoms with Crippen molar-refractivity contribution in [2.45, 2.75) is 52.6 Å². The van der Waals surface area contributed by atoms with E-state index in [1.165, 1.54) is 5.56 Å². The molecule has 3 rings (SSSR count). The number of morpholine rings is 1. The van der Waals surface area contributed by atoms with Crippen LogP contribution in [0, 0.1) is 6.92 Å². The van der Waals surface area contributed by atoms with E-state index in [1.807, 2.05) is 13.0 Å². The first kappa shape index (κ1) is 20.4. The first-order valence-electron chi connectivity index (χ1n) is 9.76. The van der Waals surface area contributed by atoms with Gasteiger partial charge in [0.1, 0.15) is 11.5 Å². The smallest absolute Gasteiger partial charge is 0.317 e. The van der Waals surface area contributed by atoms with Gasteiger partial charge in [-0.15, -0.1) is 0 Å². The number of ether oxygens (including phenoxy) is 1. The van der Waals surface area contributed by atoms with Crippen LogP contribution in [-0.4, -0.2) is 53.3 Å². The molecule has 2 aromatic rings. The van der Waals surface area contributed by atoms with Gasteiger partial charge in [0.2, 0.25) is 0 Å². The van der Waals surface area contributed by atoms with Crippen LogP contribution in [0.3, 0.4) is 0 Å². The second-order valence-corrected chi connectivity index (χ2v) is 7.71. The zero-order valence-electron chi connectivity index (χ0n) is 17.1. The van der Waals surface area contributed by atoms with E-state index in [0.717, 1.165) is 36.7 Å². The molecular weight excluding hydrogens is 356 g/mol. The predicted molar refractivity (Wildman–Crippen MR) is 107 cm³/mol. The molecule has 7 nitrogen and oxygen atoms in total. The van der Waals surface area contributed by atoms with Gasteiger partial charge in [0.15, 0.2) is 0 Å². The average molecular weight is 386 g/mol. The highest BCUT2D eigenvalue weighted by Crippen LogP contribution is 2.15. The summed E-state index contributed by atoms with van der Waals surface area (Å²) in [6, 6.07) is 10.1. The zero-order valence-corrected chi connectivity index (χ0v) is 17.1. The molecule has 7 heteroatoms. The summed E-state index contributed by atoms with van der Waals surface area (Å²) in [5, 5.41) is 6.85. The molecule has 1 N–H and O–H groups in total. The van der Waals surface area contributed by atoms with Gasteiger partial charge in [-0.25, -0.2) is 4.79 Å². The maximum Gasteiger partial charge on any atom is 0.317 e. The quantitative estimate of drug-likeness (QED) is 0.827. The molecule has 0 radical (unpaired) electrons. The lowest BCUT2D eigenvalue weighted by molar-refractivity contribution is -0.0704. The molecule has 0 aliphatic carbocycles. The number of rotatable bonds is 6. The summed E-state index contributed by atoms with van der Waals surface area (Å²) in [6.45, 7) is 9.82. The second kappa shape index (κ2) is 9.21. The molecule has 152 valence electrons. The molecule has 1 fully saturated rings. The number of carbonyl (C=O) groups excluding carboxylic acids is 1. The average Bonchev–Trinajstić information content (AvgIpc) is 3.04. The Labute approximate surface area is 166 Å². The highest BCUT2D eigenvalue weighted by Gasteiger charge is 2.22. The van der Waals surface area contributed by atoms with Crippen LogP contribution in [0.25, 0.3) is 0 Å². The Bertz CT molecular complexity index is 764. The maximum absolute atomic E-state index is 12.3. The summed E-state index contributed by atoms with van der Waals surface area (Å²) in [5.41, 5.74) is 3.09. The van der Waals surface area contributed by atoms with Crippen LogP contribution in [0.2, 0.25) is 0 Å². The van der Waals surface area contributed by atoms with E-state index in [9.17, 15) is 4.79 Å². The molecule has 2 amide bonds. The second-order valence-electron chi connectivity index (χ2n) is 7.71. The van der Waals surface area contributed by atoms with Crippen LogP contribution >= 0.6 is 0 Å². The summed E-state index contributed by atoms with van der Waals surface area (Å²) in [5.74, 6) is 0.741. The lowest BCUT2D eigenvalue weighted by atomic mass is 10.1. The van der Waals surface area contributed by atoms with Gasteiger partial charge >= 0.3 is 6.03 Å². The SMILES string of the molecule is Cc1cc(CN(C)C(=O)NCc2ccc(CN3CC(C)OC(C)C3)cc2)no1. The number of aryl methyl sites for hydroxylation is 1. The van der Waals surface area contributed by atoms with Crippen LogP contribution in [0.1, 0.15) is 36.4 Å². The molecule has 2 atom stereocenters. The van der Waals surface area contributed by atoms with Crippen molar-refractivity contribution in [2.24, 2.45) is 0 Å². The van der Waals surface area contributed by atoms with Gasteiger partial charge < -0.3 is 19.5 Å². The molecule has 1 aliphatic rings. The van der Waals surface area contributed by atoms with Crippen molar-refractivity contribution in [3.05, 3.63) is 52.9 Å². The molecule has 0 spiro atoms. The van der Waals surface area contributed by atoms with Gasteiger partial charge in [-0.2, -0.15) is 0 Å². The van der Waals surface area contributed by atoms with E-state index in [2.05, 4.69) is 53.5 Å². The molecule has 28 heavy (non-hydrogen) atoms. The van der Waals surface area contributed by atoms with Gasteiger partial charge in [0.05, 0.1) is 18.8 Å². The van der Waals surface area contributed by atoms with Gasteiger partial charge in [0.25, 0.3) is 0 Å². The van der Waals surface area contributed by atoms with Crippen molar-refractivity contribution in [3.63, 3.8) is 0 Å². The first-order chi connectivity index (χ1) is 13.4. The fourth-order valence-electron chi connectivity index (χ4n) is 3.55. The van der Waals surface area contributed by atoms with Crippen LogP contribution in [-0.2, 0) is 24.4 Å². The molecule has 1 aromatic carbocycles. The van der Waals surface area contributed by atoms with Crippen molar-refractivity contribution in [1.82, 2.24) is 20.3 Å². The minimum Gasteiger partial charge on any atom is -0.373 e. The Kier molecular flexibility index (Phi) is 6.70. The van der Waals surface area contributed by atoms with Crippen molar-refractivity contribution in [3.8, 4) is 0 Å². The van der Waals surface area contributed by atoms with E-state index >= 15 is 0 Å². The zero-order chi connectivity index (χ0) is 20.1. The van der Waals surface area contributed by atoms with Crippen LogP contribution in [0.4, 0.5) is 4.79 Å². The molecule has 0 saturated carbocycles. The van der Waals surface area contributed by atoms with E-state index in [-0.39, 0.29) is 18.2 Å². The monoisotopic (exact) mass is 386 g/mol. The molecule has 2 unspecified atom stereocenters. The number of aromatic nitrogens is 1. The largest absolute Gasteiger partial charge is 0.373 e. The van der Waals surface area contributed by atoms with E-state index in [0.29, 0.717) is 13.1 Å². The van der Waals surface area contributed by atoms with Gasteiger partial charge in [-0.3, -0.25) is 4.90 Å². The third kappa shape index (κ3) is 5.81. The normalized spacial score (nSPS) is 20.1. The molecule has 1 aliphatic heterocycles. The van der Waals surface area contributed by atoms with Gasteiger partial charge in [0, 0.05) is 39.3 Å². The Morgan fingerprint density at radius 1 is 1.21 bits per heavy atom. The molecule has 1 saturated heterocycles. The molecule has 0 bridgehead atoms. The first-order valence-corrected chi connectivity index (χ1v) is 9.76. The topological polar surface area (TPSA) is 70.8 Å². The Morgan fingerprint density at radius 2 is 1.86 bits per heavy atom. The fraction of sp³-hybridized carbons (Fsp3) is 0.524. The minimum atomic E-state index is -0.138. The number of benzene rings is 1. The Hall–Kier alpha value is -2.38. The summed E-state index contributed by atoms with van der Waals surface area (Å²) < 4.78 is 10.8. The van der Waals surface area contributed by atoms with E-state index < -0.39 is 0 Å². The van der Waals surface area contributed by atoms with E-state index in [4.69, 9.17) is 9.26 Å². The number of amides is 2. The summed E-state index contributed by atoms with van der Waals surface area (Å²) >= 11 is 0. The Balaban J connectivity index is 1.45. The summed E-state index contributed by atoms with van der Waals surface area (Å²) in [6.07, 6.45) is 0.549. The number of carbonyl (C=O) groups is 1. The van der Waals surface area contributed by atoms with Crippen molar-refractivity contribution >= 4 is 6.03 Å². The number of hydrogen-bond donors (Lipinski definition) is 1. The maximum atomic E-state index is 12.3. The van der Waals surface area contributed by atoms with Gasteiger partial charge in [-0.1, -0.05) is 29.4 Å². The van der Waals surface area contributed by atoms with E-state index in [1.54, 1.807) is 11.9 Å². The fourth-order valence-corrected chi connectivity index (χ4v) is 3.55. The number of hydrogen-bond acceptors (Lipinski definition) is 5. The van der Waals surface area contributed by atoms with Crippen LogP contribution < -0.4 is 5.32 Å².